The van der Waals surface area contributed by atoms with Crippen molar-refractivity contribution < 1.29 is 51.0 Å². The Bertz CT molecular complexity index is 1750. The van der Waals surface area contributed by atoms with Crippen molar-refractivity contribution in [1.29, 1.82) is 0 Å². The van der Waals surface area contributed by atoms with E-state index in [4.69, 9.17) is 0 Å². The number of halogens is 2. The van der Waals surface area contributed by atoms with Crippen LogP contribution in [0.25, 0.3) is 17.2 Å². The summed E-state index contributed by atoms with van der Waals surface area (Å²) in [5.74, 6) is 0. The van der Waals surface area contributed by atoms with Gasteiger partial charge in [-0.05, 0) is 48.4 Å². The van der Waals surface area contributed by atoms with E-state index < -0.39 is 0 Å². The molecule has 7 rings (SSSR count). The summed E-state index contributed by atoms with van der Waals surface area (Å²) in [5.41, 5.74) is 11.4. The van der Waals surface area contributed by atoms with Gasteiger partial charge in [0.25, 0.3) is 0 Å². The molecule has 1 fully saturated rings. The van der Waals surface area contributed by atoms with Crippen molar-refractivity contribution in [3.8, 4) is 0 Å². The van der Waals surface area contributed by atoms with Crippen molar-refractivity contribution in [2.75, 3.05) is 0 Å². The van der Waals surface area contributed by atoms with Crippen LogP contribution < -0.4 is 35.3 Å². The molecule has 38 heavy (non-hydrogen) atoms. The average Bonchev–Trinajstić information content (AvgIpc) is 3.46. The fourth-order valence-corrected chi connectivity index (χ4v) is 5.71. The molecule has 0 aromatic heterocycles. The predicted molar refractivity (Wildman–Crippen MR) is 145 cm³/mol. The molecule has 1 radical (unpaired) electrons. The molecule has 1 saturated carbocycles. The number of fused-ring (bicyclic) bond motifs is 2. The molecule has 3 heteroatoms. The van der Waals surface area contributed by atoms with E-state index in [1.165, 1.54) is 72.7 Å². The first-order valence-electron chi connectivity index (χ1n) is 12.7. The average molecular weight is 610 g/mol. The Kier molecular flexibility index (Phi) is 9.15. The maximum atomic E-state index is 3.85. The van der Waals surface area contributed by atoms with Crippen LogP contribution in [0.3, 0.4) is 0 Å². The van der Waals surface area contributed by atoms with Crippen LogP contribution in [0.15, 0.2) is 103 Å². The second-order valence-corrected chi connectivity index (χ2v) is 9.97. The van der Waals surface area contributed by atoms with Gasteiger partial charge < -0.3 is 24.8 Å². The first-order chi connectivity index (χ1) is 17.3. The van der Waals surface area contributed by atoms with Gasteiger partial charge in [0.1, 0.15) is 0 Å². The fraction of sp³-hybridized carbons (Fsp3) is 0.143. The largest absolute Gasteiger partial charge is 3.00 e. The van der Waals surface area contributed by atoms with Crippen LogP contribution in [0.1, 0.15) is 52.6 Å². The standard InChI is InChI=1S/C35H27.2ClH.Zr/c1-3-9-24(10-4-1)19-26-15-16-29-22-33-32(31(29)21-26)23-30(20-25-11-5-2-6-12-25)34(28-17-18-28)35(33)27-13-7-8-14-27;;;/h1-13,15-16,21,23H,14,17-20H2;2*1H;/q-1;;;+3/p-2. The summed E-state index contributed by atoms with van der Waals surface area (Å²) in [6.45, 7) is 0. The van der Waals surface area contributed by atoms with E-state index in [-0.39, 0.29) is 51.0 Å². The molecule has 3 aliphatic carbocycles. The van der Waals surface area contributed by atoms with Crippen molar-refractivity contribution >= 4 is 17.2 Å². The third kappa shape index (κ3) is 5.48. The second-order valence-electron chi connectivity index (χ2n) is 9.97. The van der Waals surface area contributed by atoms with E-state index in [2.05, 4.69) is 109 Å². The molecule has 4 aromatic rings. The first kappa shape index (κ1) is 28.6. The normalized spacial score (nSPS) is 13.8. The van der Waals surface area contributed by atoms with E-state index >= 15 is 0 Å². The summed E-state index contributed by atoms with van der Waals surface area (Å²) in [6.07, 6.45) is 16.1. The van der Waals surface area contributed by atoms with E-state index in [0.717, 1.165) is 19.3 Å². The summed E-state index contributed by atoms with van der Waals surface area (Å²) in [4.78, 5) is 0. The topological polar surface area (TPSA) is 0 Å². The maximum Gasteiger partial charge on any atom is 3.00 e. The van der Waals surface area contributed by atoms with Crippen LogP contribution in [0, 0.1) is 10.4 Å². The second kappa shape index (κ2) is 12.2. The molecule has 185 valence electrons. The van der Waals surface area contributed by atoms with Crippen LogP contribution in [-0.2, 0) is 39.0 Å². The molecule has 0 spiro atoms. The minimum atomic E-state index is 0. The molecule has 0 unspecified atom stereocenters. The van der Waals surface area contributed by atoms with E-state index in [1.54, 1.807) is 5.57 Å². The van der Waals surface area contributed by atoms with Crippen LogP contribution in [0.5, 0.6) is 0 Å². The van der Waals surface area contributed by atoms with Gasteiger partial charge in [-0.1, -0.05) is 125 Å². The number of benzene rings is 4. The summed E-state index contributed by atoms with van der Waals surface area (Å²) in [7, 11) is 0. The Morgan fingerprint density at radius 2 is 1.37 bits per heavy atom. The molecule has 0 heterocycles. The number of rotatable bonds is 5. The number of hydrogen-bond donors (Lipinski definition) is 0. The zero-order valence-corrected chi connectivity index (χ0v) is 25.1. The summed E-state index contributed by atoms with van der Waals surface area (Å²) >= 11 is 0. The molecule has 0 N–H and O–H groups in total. The molecule has 0 amide bonds. The van der Waals surface area contributed by atoms with Gasteiger partial charge in [0, 0.05) is 0 Å². The summed E-state index contributed by atoms with van der Waals surface area (Å²) < 4.78 is 0. The Morgan fingerprint density at radius 1 is 0.684 bits per heavy atom. The number of hydrogen-bond acceptors (Lipinski definition) is 0. The maximum absolute atomic E-state index is 3.85. The molecule has 0 atom stereocenters. The molecular formula is C35H27Cl2Zr. The van der Waals surface area contributed by atoms with Gasteiger partial charge in [0.05, 0.1) is 0 Å². The van der Waals surface area contributed by atoms with Crippen LogP contribution in [-0.4, -0.2) is 0 Å². The summed E-state index contributed by atoms with van der Waals surface area (Å²) in [5, 5.41) is 5.43. The van der Waals surface area contributed by atoms with Gasteiger partial charge in [-0.2, -0.15) is 0 Å². The Morgan fingerprint density at radius 3 is 2.00 bits per heavy atom. The Balaban J connectivity index is 0.00000112. The molecule has 0 bridgehead atoms. The van der Waals surface area contributed by atoms with Crippen LogP contribution in [0.4, 0.5) is 0 Å². The first-order valence-corrected chi connectivity index (χ1v) is 12.7. The minimum absolute atomic E-state index is 0. The van der Waals surface area contributed by atoms with Crippen LogP contribution in [0.2, 0.25) is 0 Å². The van der Waals surface area contributed by atoms with Crippen molar-refractivity contribution in [2.45, 2.75) is 32.1 Å². The SMILES string of the molecule is [C-]1=c2ccc(Cc3ccccc3)cc2=c2cc(Cc3ccccc3)c(=C3CC3)c(C3=CC=CC3)c21.[Cl-].[Cl-].[Zr+3]. The minimum Gasteiger partial charge on any atom is -1.00 e. The quantitative estimate of drug-likeness (QED) is 0.255. The zero-order valence-electron chi connectivity index (χ0n) is 21.1. The zero-order chi connectivity index (χ0) is 23.2. The third-order valence-electron chi connectivity index (χ3n) is 7.48. The van der Waals surface area contributed by atoms with E-state index in [1.807, 2.05) is 0 Å². The van der Waals surface area contributed by atoms with Gasteiger partial charge in [0.15, 0.2) is 0 Å². The molecule has 0 saturated heterocycles. The predicted octanol–water partition coefficient (Wildman–Crippen LogP) is 0.468. The van der Waals surface area contributed by atoms with E-state index in [9.17, 15) is 0 Å². The van der Waals surface area contributed by atoms with Gasteiger partial charge in [-0.15, -0.1) is 33.4 Å². The third-order valence-corrected chi connectivity index (χ3v) is 7.48. The molecule has 0 aliphatic heterocycles. The monoisotopic (exact) mass is 607 g/mol. The molecular weight excluding hydrogens is 583 g/mol. The Labute approximate surface area is 256 Å². The van der Waals surface area contributed by atoms with Gasteiger partial charge in [-0.25, -0.2) is 0 Å². The van der Waals surface area contributed by atoms with Gasteiger partial charge in [-0.3, -0.25) is 0 Å². The number of allylic oxidation sites excluding steroid dienone is 4. The summed E-state index contributed by atoms with van der Waals surface area (Å²) in [6, 6.07) is 31.2. The van der Waals surface area contributed by atoms with Gasteiger partial charge in [0.2, 0.25) is 0 Å². The Hall–Kier alpha value is -2.44. The molecule has 4 aromatic carbocycles. The van der Waals surface area contributed by atoms with Crippen molar-refractivity contribution in [3.63, 3.8) is 0 Å². The van der Waals surface area contributed by atoms with Crippen molar-refractivity contribution in [2.24, 2.45) is 0 Å². The van der Waals surface area contributed by atoms with Crippen LogP contribution >= 0.6 is 0 Å². The molecule has 3 aliphatic rings. The van der Waals surface area contributed by atoms with Gasteiger partial charge >= 0.3 is 26.2 Å². The van der Waals surface area contributed by atoms with Crippen molar-refractivity contribution in [1.82, 2.24) is 0 Å². The van der Waals surface area contributed by atoms with Crippen molar-refractivity contribution in [3.05, 3.63) is 157 Å². The van der Waals surface area contributed by atoms with E-state index in [0.29, 0.717) is 0 Å². The smallest absolute Gasteiger partial charge is 1.00 e. The molecule has 0 nitrogen and oxygen atoms in total. The fourth-order valence-electron chi connectivity index (χ4n) is 5.71.